The molecule has 3 N–H and O–H groups in total. The Hall–Kier alpha value is -2.79. The molecular weight excluding hydrogens is 535 g/mol. The van der Waals surface area contributed by atoms with Crippen LogP contribution in [0.15, 0.2) is 0 Å². The van der Waals surface area contributed by atoms with E-state index in [0.29, 0.717) is 74.9 Å². The molecule has 40 heavy (non-hydrogen) atoms. The number of aryl methyl sites for hydroxylation is 1. The van der Waals surface area contributed by atoms with Crippen molar-refractivity contribution in [3.8, 4) is 12.1 Å². The van der Waals surface area contributed by atoms with E-state index in [0.717, 1.165) is 44.2 Å². The van der Waals surface area contributed by atoms with Crippen molar-refractivity contribution in [1.29, 1.82) is 5.26 Å². The van der Waals surface area contributed by atoms with Crippen molar-refractivity contribution < 1.29 is 19.0 Å². The smallest absolute Gasteiger partial charge is 0.323 e. The summed E-state index contributed by atoms with van der Waals surface area (Å²) in [5.74, 6) is 0.962. The topological polar surface area (TPSA) is 137 Å². The Labute approximate surface area is 236 Å². The predicted octanol–water partition coefficient (Wildman–Crippen LogP) is 1.63. The van der Waals surface area contributed by atoms with Crippen LogP contribution < -0.4 is 20.3 Å². The predicted molar refractivity (Wildman–Crippen MR) is 148 cm³/mol. The lowest BCUT2D eigenvalue weighted by atomic mass is 9.74. The number of ether oxygens (including phenoxy) is 2. The molecule has 3 atom stereocenters. The van der Waals surface area contributed by atoms with Crippen LogP contribution >= 0.6 is 11.3 Å². The van der Waals surface area contributed by atoms with E-state index >= 15 is 0 Å². The number of thiophene rings is 1. The Bertz CT molecular complexity index is 1330. The molecule has 0 aromatic carbocycles. The molecule has 214 valence electrons. The first kappa shape index (κ1) is 26.1. The second-order valence-electron chi connectivity index (χ2n) is 11.9. The van der Waals surface area contributed by atoms with Gasteiger partial charge in [0, 0.05) is 49.5 Å². The van der Waals surface area contributed by atoms with Gasteiger partial charge in [0.2, 0.25) is 11.9 Å². The minimum Gasteiger partial charge on any atom is -0.461 e. The van der Waals surface area contributed by atoms with Crippen molar-refractivity contribution in [2.75, 3.05) is 74.7 Å². The molecule has 0 bridgehead atoms. The van der Waals surface area contributed by atoms with Gasteiger partial charge in [-0.3, -0.25) is 4.90 Å². The van der Waals surface area contributed by atoms with Crippen molar-refractivity contribution in [2.24, 2.45) is 0 Å². The number of fused-ring (bicyclic) bond motifs is 3. The fraction of sp³-hybridized carbons (Fsp3) is 0.704. The first-order chi connectivity index (χ1) is 19.4. The Morgan fingerprint density at radius 3 is 2.88 bits per heavy atom. The van der Waals surface area contributed by atoms with E-state index in [-0.39, 0.29) is 29.6 Å². The summed E-state index contributed by atoms with van der Waals surface area (Å²) in [5.41, 5.74) is 7.45. The largest absolute Gasteiger partial charge is 0.461 e. The molecule has 0 saturated carbocycles. The lowest BCUT2D eigenvalue weighted by Gasteiger charge is -2.48. The van der Waals surface area contributed by atoms with Crippen LogP contribution in [-0.2, 0) is 16.6 Å². The standard InChI is InChI=1S/C27H35FN8O3S/c28-17-9-27(4-1-6-35(27)11-17)16-39-25-32-23(31-24(33-25)36-7-2-8-38-13-18(36)12-37)34-14-26(15-34)5-3-20-21(26)19(10-29)22(30)40-20/h17-18,37H,1-9,11-16,30H2/t17?,18-,27+/m1/s1. The van der Waals surface area contributed by atoms with Gasteiger partial charge >= 0.3 is 6.01 Å². The highest BCUT2D eigenvalue weighted by Gasteiger charge is 2.52. The number of rotatable bonds is 6. The summed E-state index contributed by atoms with van der Waals surface area (Å²) < 4.78 is 26.3. The molecule has 4 saturated heterocycles. The summed E-state index contributed by atoms with van der Waals surface area (Å²) >= 11 is 1.53. The van der Waals surface area contributed by atoms with E-state index in [2.05, 4.69) is 15.9 Å². The average molecular weight is 571 g/mol. The van der Waals surface area contributed by atoms with Gasteiger partial charge in [0.1, 0.15) is 23.8 Å². The third-order valence-electron chi connectivity index (χ3n) is 9.48. The first-order valence-electron chi connectivity index (χ1n) is 14.2. The van der Waals surface area contributed by atoms with E-state index < -0.39 is 6.17 Å². The van der Waals surface area contributed by atoms with Crippen LogP contribution in [0, 0.1) is 11.3 Å². The molecule has 1 unspecified atom stereocenters. The molecule has 0 radical (unpaired) electrons. The number of aliphatic hydroxyl groups is 1. The zero-order valence-corrected chi connectivity index (χ0v) is 23.3. The molecular formula is C27H35FN8O3S. The van der Waals surface area contributed by atoms with Gasteiger partial charge < -0.3 is 30.1 Å². The summed E-state index contributed by atoms with van der Waals surface area (Å²) in [6.45, 7) is 4.59. The highest BCUT2D eigenvalue weighted by molar-refractivity contribution is 7.16. The third-order valence-corrected chi connectivity index (χ3v) is 10.6. The highest BCUT2D eigenvalue weighted by atomic mass is 32.1. The SMILES string of the molecule is N#Cc1c(N)sc2c1C1(CC2)CN(c2nc(OC[C@@]34CCCN3CC(F)C4)nc(N3CCCOC[C@H]3CO)n2)C1. The summed E-state index contributed by atoms with van der Waals surface area (Å²) in [4.78, 5) is 21.8. The zero-order chi connectivity index (χ0) is 27.5. The monoisotopic (exact) mass is 570 g/mol. The Kier molecular flexibility index (Phi) is 6.49. The molecule has 1 aliphatic carbocycles. The number of halogens is 1. The van der Waals surface area contributed by atoms with E-state index in [4.69, 9.17) is 30.2 Å². The molecule has 1 spiro atoms. The Balaban J connectivity index is 1.18. The number of alkyl halides is 1. The Morgan fingerprint density at radius 2 is 2.05 bits per heavy atom. The van der Waals surface area contributed by atoms with Crippen molar-refractivity contribution in [2.45, 2.75) is 61.7 Å². The fourth-order valence-corrected chi connectivity index (χ4v) is 8.67. The van der Waals surface area contributed by atoms with Crippen LogP contribution in [0.2, 0.25) is 0 Å². The molecule has 0 amide bonds. The van der Waals surface area contributed by atoms with Crippen LogP contribution in [0.1, 0.15) is 48.1 Å². The number of nitrogen functional groups attached to an aromatic ring is 1. The van der Waals surface area contributed by atoms with E-state index in [1.165, 1.54) is 16.2 Å². The molecule has 4 fully saturated rings. The van der Waals surface area contributed by atoms with Crippen LogP contribution in [0.5, 0.6) is 6.01 Å². The number of nitriles is 1. The lowest BCUT2D eigenvalue weighted by Crippen LogP contribution is -2.59. The van der Waals surface area contributed by atoms with Crippen molar-refractivity contribution >= 4 is 28.2 Å². The summed E-state index contributed by atoms with van der Waals surface area (Å²) in [6, 6.07) is 2.27. The summed E-state index contributed by atoms with van der Waals surface area (Å²) in [6.07, 6.45) is 4.25. The lowest BCUT2D eigenvalue weighted by molar-refractivity contribution is 0.106. The fourth-order valence-electron chi connectivity index (χ4n) is 7.53. The maximum absolute atomic E-state index is 14.4. The molecule has 7 rings (SSSR count). The number of hydrogen-bond donors (Lipinski definition) is 2. The number of anilines is 3. The maximum atomic E-state index is 14.4. The van der Waals surface area contributed by atoms with Gasteiger partial charge in [-0.2, -0.15) is 20.2 Å². The molecule has 11 nitrogen and oxygen atoms in total. The van der Waals surface area contributed by atoms with E-state index in [9.17, 15) is 14.8 Å². The molecule has 5 aliphatic rings. The quantitative estimate of drug-likeness (QED) is 0.524. The van der Waals surface area contributed by atoms with Crippen LogP contribution in [0.4, 0.5) is 21.3 Å². The van der Waals surface area contributed by atoms with Crippen molar-refractivity contribution in [3.63, 3.8) is 0 Å². The molecule has 6 heterocycles. The first-order valence-corrected chi connectivity index (χ1v) is 15.1. The van der Waals surface area contributed by atoms with Gasteiger partial charge in [-0.15, -0.1) is 11.3 Å². The maximum Gasteiger partial charge on any atom is 0.323 e. The van der Waals surface area contributed by atoms with E-state index in [1.807, 2.05) is 4.90 Å². The zero-order valence-electron chi connectivity index (χ0n) is 22.5. The minimum absolute atomic E-state index is 0.0840. The minimum atomic E-state index is -0.839. The average Bonchev–Trinajstić information content (AvgIpc) is 3.59. The second-order valence-corrected chi connectivity index (χ2v) is 13.1. The Morgan fingerprint density at radius 1 is 1.20 bits per heavy atom. The van der Waals surface area contributed by atoms with Gasteiger partial charge in [0.15, 0.2) is 0 Å². The number of nitrogens with zero attached hydrogens (tertiary/aromatic N) is 7. The summed E-state index contributed by atoms with van der Waals surface area (Å²) in [5, 5.41) is 20.5. The van der Waals surface area contributed by atoms with Crippen LogP contribution in [0.25, 0.3) is 0 Å². The molecule has 2 aromatic rings. The van der Waals surface area contributed by atoms with Gasteiger partial charge in [-0.1, -0.05) is 0 Å². The normalized spacial score (nSPS) is 29.2. The van der Waals surface area contributed by atoms with Gasteiger partial charge in [-0.25, -0.2) is 4.39 Å². The van der Waals surface area contributed by atoms with Crippen LogP contribution in [0.3, 0.4) is 0 Å². The summed E-state index contributed by atoms with van der Waals surface area (Å²) in [7, 11) is 0. The number of aliphatic hydroxyl groups excluding tert-OH is 1. The third kappa shape index (κ3) is 4.19. The van der Waals surface area contributed by atoms with Crippen molar-refractivity contribution in [1.82, 2.24) is 19.9 Å². The van der Waals surface area contributed by atoms with Crippen molar-refractivity contribution in [3.05, 3.63) is 16.0 Å². The van der Waals surface area contributed by atoms with Gasteiger partial charge in [0.25, 0.3) is 0 Å². The number of nitrogens with two attached hydrogens (primary N) is 1. The van der Waals surface area contributed by atoms with Crippen LogP contribution in [-0.4, -0.2) is 102 Å². The molecule has 4 aliphatic heterocycles. The van der Waals surface area contributed by atoms with Gasteiger partial charge in [-0.05, 0) is 44.2 Å². The molecule has 2 aromatic heterocycles. The van der Waals surface area contributed by atoms with Gasteiger partial charge in [0.05, 0.1) is 30.4 Å². The van der Waals surface area contributed by atoms with E-state index in [1.54, 1.807) is 0 Å². The highest BCUT2D eigenvalue weighted by Crippen LogP contribution is 2.52. The molecule has 13 heteroatoms. The number of aromatic nitrogens is 3. The number of hydrogen-bond acceptors (Lipinski definition) is 12. The second kappa shape index (κ2) is 9.94.